The number of aromatic nitrogens is 4. The molecule has 2 N–H and O–H groups in total. The number of carbonyl (C=O) groups excluding carboxylic acids is 1. The van der Waals surface area contributed by atoms with Crippen molar-refractivity contribution in [1.29, 1.82) is 0 Å². The number of carbonyl (C=O) groups is 1. The molecule has 4 heterocycles. The average molecular weight is 367 g/mol. The van der Waals surface area contributed by atoms with Gasteiger partial charge in [0.2, 0.25) is 5.88 Å². The Kier molecular flexibility index (Phi) is 4.88. The van der Waals surface area contributed by atoms with Crippen LogP contribution in [0.5, 0.6) is 5.88 Å². The molecule has 1 aliphatic heterocycles. The fraction of sp³-hybridized carbons (Fsp3) is 0.316. The molecule has 140 valence electrons. The van der Waals surface area contributed by atoms with Crippen molar-refractivity contribution in [3.8, 4) is 23.0 Å². The summed E-state index contributed by atoms with van der Waals surface area (Å²) in [6.45, 7) is 1.34. The number of pyridine rings is 1. The van der Waals surface area contributed by atoms with Crippen molar-refractivity contribution in [3.05, 3.63) is 48.4 Å². The van der Waals surface area contributed by atoms with E-state index < -0.39 is 0 Å². The van der Waals surface area contributed by atoms with E-state index in [1.807, 2.05) is 24.4 Å². The van der Waals surface area contributed by atoms with E-state index in [9.17, 15) is 4.79 Å². The largest absolute Gasteiger partial charge is 0.481 e. The lowest BCUT2D eigenvalue weighted by atomic mass is 10.1. The molecule has 0 bridgehead atoms. The Hall–Kier alpha value is -3.13. The van der Waals surface area contributed by atoms with Crippen LogP contribution >= 0.6 is 0 Å². The SMILES string of the molecule is COc1ccc(-n2nc(C(=O)NC3CCOCC3)cc2-c2ccc[nH]2)cn1. The highest BCUT2D eigenvalue weighted by molar-refractivity contribution is 5.93. The Labute approximate surface area is 156 Å². The lowest BCUT2D eigenvalue weighted by molar-refractivity contribution is 0.0694. The third-order valence-corrected chi connectivity index (χ3v) is 4.55. The number of nitrogens with one attached hydrogen (secondary N) is 2. The summed E-state index contributed by atoms with van der Waals surface area (Å²) in [5, 5.41) is 7.58. The van der Waals surface area contributed by atoms with Gasteiger partial charge in [-0.25, -0.2) is 9.67 Å². The van der Waals surface area contributed by atoms with Crippen LogP contribution in [0.1, 0.15) is 23.3 Å². The summed E-state index contributed by atoms with van der Waals surface area (Å²) in [5.74, 6) is 0.333. The van der Waals surface area contributed by atoms with Crippen LogP contribution in [0.25, 0.3) is 17.1 Å². The molecule has 3 aromatic heterocycles. The molecule has 1 saturated heterocycles. The standard InChI is InChI=1S/C19H21N5O3/c1-26-18-5-4-14(12-21-18)24-17(15-3-2-8-20-15)11-16(23-24)19(25)22-13-6-9-27-10-7-13/h2-5,8,11-13,20H,6-7,9-10H2,1H3,(H,22,25). The normalized spacial score (nSPS) is 14.9. The summed E-state index contributed by atoms with van der Waals surface area (Å²) < 4.78 is 12.2. The molecule has 8 heteroatoms. The van der Waals surface area contributed by atoms with E-state index >= 15 is 0 Å². The van der Waals surface area contributed by atoms with Crippen molar-refractivity contribution in [2.45, 2.75) is 18.9 Å². The van der Waals surface area contributed by atoms with Crippen LogP contribution in [0.4, 0.5) is 0 Å². The van der Waals surface area contributed by atoms with E-state index in [0.29, 0.717) is 24.8 Å². The average Bonchev–Trinajstić information content (AvgIpc) is 3.38. The van der Waals surface area contributed by atoms with Crippen LogP contribution in [-0.2, 0) is 4.74 Å². The van der Waals surface area contributed by atoms with E-state index in [4.69, 9.17) is 9.47 Å². The van der Waals surface area contributed by atoms with Crippen LogP contribution < -0.4 is 10.1 Å². The molecule has 0 spiro atoms. The Morgan fingerprint density at radius 1 is 1.33 bits per heavy atom. The maximum atomic E-state index is 12.7. The second kappa shape index (κ2) is 7.63. The maximum absolute atomic E-state index is 12.7. The minimum Gasteiger partial charge on any atom is -0.481 e. The lowest BCUT2D eigenvalue weighted by Gasteiger charge is -2.22. The fourth-order valence-corrected chi connectivity index (χ4v) is 3.09. The van der Waals surface area contributed by atoms with Gasteiger partial charge in [-0.2, -0.15) is 5.10 Å². The zero-order valence-corrected chi connectivity index (χ0v) is 15.0. The molecule has 27 heavy (non-hydrogen) atoms. The van der Waals surface area contributed by atoms with Crippen LogP contribution in [-0.4, -0.2) is 52.0 Å². The first-order valence-corrected chi connectivity index (χ1v) is 8.87. The van der Waals surface area contributed by atoms with E-state index in [-0.39, 0.29) is 11.9 Å². The van der Waals surface area contributed by atoms with Crippen LogP contribution in [0.2, 0.25) is 0 Å². The summed E-state index contributed by atoms with van der Waals surface area (Å²) in [5.41, 5.74) is 2.75. The molecule has 0 aromatic carbocycles. The molecule has 1 aliphatic rings. The van der Waals surface area contributed by atoms with E-state index in [2.05, 4.69) is 20.4 Å². The van der Waals surface area contributed by atoms with E-state index in [0.717, 1.165) is 29.9 Å². The van der Waals surface area contributed by atoms with Gasteiger partial charge < -0.3 is 19.8 Å². The zero-order chi connectivity index (χ0) is 18.6. The Bertz CT molecular complexity index is 896. The number of methoxy groups -OCH3 is 1. The lowest BCUT2D eigenvalue weighted by Crippen LogP contribution is -2.39. The Morgan fingerprint density at radius 2 is 2.19 bits per heavy atom. The predicted molar refractivity (Wildman–Crippen MR) is 99.0 cm³/mol. The third kappa shape index (κ3) is 3.70. The van der Waals surface area contributed by atoms with Crippen LogP contribution in [0.15, 0.2) is 42.7 Å². The second-order valence-corrected chi connectivity index (χ2v) is 6.33. The predicted octanol–water partition coefficient (Wildman–Crippen LogP) is 2.18. The number of amides is 1. The van der Waals surface area contributed by atoms with Gasteiger partial charge in [0.15, 0.2) is 5.69 Å². The molecule has 4 rings (SSSR count). The summed E-state index contributed by atoms with van der Waals surface area (Å²) in [4.78, 5) is 20.1. The van der Waals surface area contributed by atoms with Gasteiger partial charge >= 0.3 is 0 Å². The topological polar surface area (TPSA) is 94.1 Å². The third-order valence-electron chi connectivity index (χ3n) is 4.55. The molecular formula is C19H21N5O3. The molecule has 0 unspecified atom stereocenters. The van der Waals surface area contributed by atoms with Crippen LogP contribution in [0.3, 0.4) is 0 Å². The number of aromatic amines is 1. The molecule has 8 nitrogen and oxygen atoms in total. The van der Waals surface area contributed by atoms with Gasteiger partial charge in [-0.05, 0) is 37.1 Å². The first kappa shape index (κ1) is 17.3. The number of ether oxygens (including phenoxy) is 2. The minimum atomic E-state index is -0.185. The molecular weight excluding hydrogens is 346 g/mol. The Balaban J connectivity index is 1.66. The van der Waals surface area contributed by atoms with Crippen molar-refractivity contribution in [2.75, 3.05) is 20.3 Å². The molecule has 0 atom stereocenters. The Morgan fingerprint density at radius 3 is 2.85 bits per heavy atom. The minimum absolute atomic E-state index is 0.119. The quantitative estimate of drug-likeness (QED) is 0.721. The van der Waals surface area contributed by atoms with Crippen molar-refractivity contribution < 1.29 is 14.3 Å². The molecule has 3 aromatic rings. The van der Waals surface area contributed by atoms with Gasteiger partial charge in [-0.15, -0.1) is 0 Å². The fourth-order valence-electron chi connectivity index (χ4n) is 3.09. The van der Waals surface area contributed by atoms with E-state index in [1.54, 1.807) is 30.1 Å². The summed E-state index contributed by atoms with van der Waals surface area (Å²) in [6.07, 6.45) is 5.13. The first-order valence-electron chi connectivity index (χ1n) is 8.87. The second-order valence-electron chi connectivity index (χ2n) is 6.33. The van der Waals surface area contributed by atoms with Gasteiger partial charge in [0.05, 0.1) is 30.4 Å². The van der Waals surface area contributed by atoms with Gasteiger partial charge in [-0.3, -0.25) is 4.79 Å². The van der Waals surface area contributed by atoms with Crippen molar-refractivity contribution in [3.63, 3.8) is 0 Å². The maximum Gasteiger partial charge on any atom is 0.272 e. The van der Waals surface area contributed by atoms with Gasteiger partial charge in [0.25, 0.3) is 5.91 Å². The van der Waals surface area contributed by atoms with Crippen molar-refractivity contribution in [2.24, 2.45) is 0 Å². The first-order chi connectivity index (χ1) is 13.2. The smallest absolute Gasteiger partial charge is 0.272 e. The molecule has 1 amide bonds. The number of hydrogen-bond donors (Lipinski definition) is 2. The molecule has 0 saturated carbocycles. The highest BCUT2D eigenvalue weighted by atomic mass is 16.5. The summed E-state index contributed by atoms with van der Waals surface area (Å²) in [7, 11) is 1.57. The number of hydrogen-bond acceptors (Lipinski definition) is 5. The van der Waals surface area contributed by atoms with E-state index in [1.165, 1.54) is 0 Å². The molecule has 1 fully saturated rings. The summed E-state index contributed by atoms with van der Waals surface area (Å²) in [6, 6.07) is 9.35. The van der Waals surface area contributed by atoms with Crippen LogP contribution in [0, 0.1) is 0 Å². The summed E-state index contributed by atoms with van der Waals surface area (Å²) >= 11 is 0. The van der Waals surface area contributed by atoms with Crippen molar-refractivity contribution >= 4 is 5.91 Å². The van der Waals surface area contributed by atoms with Crippen molar-refractivity contribution in [1.82, 2.24) is 25.1 Å². The highest BCUT2D eigenvalue weighted by Gasteiger charge is 2.21. The number of nitrogens with zero attached hydrogens (tertiary/aromatic N) is 3. The van der Waals surface area contributed by atoms with Gasteiger partial charge in [0.1, 0.15) is 0 Å². The zero-order valence-electron chi connectivity index (χ0n) is 15.0. The van der Waals surface area contributed by atoms with Gasteiger partial charge in [0, 0.05) is 31.5 Å². The monoisotopic (exact) mass is 367 g/mol. The van der Waals surface area contributed by atoms with Gasteiger partial charge in [-0.1, -0.05) is 0 Å². The molecule has 0 radical (unpaired) electrons. The molecule has 0 aliphatic carbocycles. The number of H-pyrrole nitrogens is 1. The number of rotatable bonds is 5. The highest BCUT2D eigenvalue weighted by Crippen LogP contribution is 2.23.